The van der Waals surface area contributed by atoms with Crippen LogP contribution >= 0.6 is 24.0 Å². The van der Waals surface area contributed by atoms with Gasteiger partial charge in [0.15, 0.2) is 17.5 Å². The summed E-state index contributed by atoms with van der Waals surface area (Å²) < 4.78 is 21.5. The molecule has 31 heavy (non-hydrogen) atoms. The molecule has 1 aromatic carbocycles. The van der Waals surface area contributed by atoms with Gasteiger partial charge in [0.2, 0.25) is 5.75 Å². The van der Waals surface area contributed by atoms with E-state index in [1.807, 2.05) is 39.8 Å². The first kappa shape index (κ1) is 28.9. The lowest BCUT2D eigenvalue weighted by Gasteiger charge is -2.25. The minimum atomic E-state index is -0.518. The molecule has 0 aliphatic carbocycles. The summed E-state index contributed by atoms with van der Waals surface area (Å²) in [6.45, 7) is 9.64. The number of aliphatic imine (C=N–C) groups is 1. The average Bonchev–Trinajstić information content (AvgIpc) is 2.69. The van der Waals surface area contributed by atoms with Gasteiger partial charge in [-0.1, -0.05) is 0 Å². The van der Waals surface area contributed by atoms with Gasteiger partial charge in [-0.15, -0.1) is 24.0 Å². The van der Waals surface area contributed by atoms with E-state index in [4.69, 9.17) is 18.9 Å². The number of benzene rings is 1. The number of halogens is 1. The van der Waals surface area contributed by atoms with Crippen molar-refractivity contribution in [3.05, 3.63) is 17.7 Å². The largest absolute Gasteiger partial charge is 0.493 e. The summed E-state index contributed by atoms with van der Waals surface area (Å²) in [5.74, 6) is 2.35. The molecule has 1 rings (SSSR count). The lowest BCUT2D eigenvalue weighted by molar-refractivity contribution is 0.0302. The van der Waals surface area contributed by atoms with Gasteiger partial charge < -0.3 is 34.5 Å². The molecule has 0 heterocycles. The molecule has 0 saturated heterocycles. The van der Waals surface area contributed by atoms with Crippen LogP contribution in [0.15, 0.2) is 17.1 Å². The fourth-order valence-electron chi connectivity index (χ4n) is 2.51. The fourth-order valence-corrected chi connectivity index (χ4v) is 2.51. The number of hydrogen-bond donors (Lipinski definition) is 2. The van der Waals surface area contributed by atoms with E-state index >= 15 is 0 Å². The molecule has 0 radical (unpaired) electrons. The highest BCUT2D eigenvalue weighted by molar-refractivity contribution is 14.0. The molecule has 0 unspecified atom stereocenters. The van der Waals surface area contributed by atoms with E-state index in [0.717, 1.165) is 5.56 Å². The van der Waals surface area contributed by atoms with Crippen molar-refractivity contribution in [1.82, 2.24) is 15.5 Å². The minimum Gasteiger partial charge on any atom is -0.493 e. The van der Waals surface area contributed by atoms with Crippen molar-refractivity contribution < 1.29 is 23.7 Å². The summed E-state index contributed by atoms with van der Waals surface area (Å²) in [4.78, 5) is 18.2. The minimum absolute atomic E-state index is 0. The highest BCUT2D eigenvalue weighted by atomic mass is 127. The lowest BCUT2D eigenvalue weighted by atomic mass is 10.2. The molecule has 0 aliphatic heterocycles. The Morgan fingerprint density at radius 2 is 1.65 bits per heavy atom. The quantitative estimate of drug-likeness (QED) is 0.276. The molecule has 0 bridgehead atoms. The molecule has 178 valence electrons. The maximum Gasteiger partial charge on any atom is 0.410 e. The van der Waals surface area contributed by atoms with Gasteiger partial charge in [-0.3, -0.25) is 0 Å². The predicted octanol–water partition coefficient (Wildman–Crippen LogP) is 3.25. The summed E-state index contributed by atoms with van der Waals surface area (Å²) in [5.41, 5.74) is 0.392. The molecule has 0 aliphatic rings. The highest BCUT2D eigenvalue weighted by Gasteiger charge is 2.19. The standard InChI is InChI=1S/C21H36N4O5.HI/c1-9-22-19(23-10-11-25(5)20(26)30-21(2,3)4)24-14-15-12-16(27-6)18(29-8)17(13-15)28-7;/h12-13H,9-11,14H2,1-8H3,(H2,22,23,24);1H. The highest BCUT2D eigenvalue weighted by Crippen LogP contribution is 2.38. The molecule has 0 saturated carbocycles. The third-order valence-electron chi connectivity index (χ3n) is 3.93. The molecule has 1 aromatic rings. The second-order valence-electron chi connectivity index (χ2n) is 7.56. The van der Waals surface area contributed by atoms with Gasteiger partial charge in [0, 0.05) is 26.7 Å². The molecular weight excluding hydrogens is 515 g/mol. The van der Waals surface area contributed by atoms with E-state index < -0.39 is 5.60 Å². The first-order valence-electron chi connectivity index (χ1n) is 9.90. The zero-order valence-electron chi connectivity index (χ0n) is 19.8. The number of guanidine groups is 1. The number of carbonyl (C=O) groups excluding carboxylic acids is 1. The Morgan fingerprint density at radius 3 is 2.10 bits per heavy atom. The number of likely N-dealkylation sites (N-methyl/N-ethyl adjacent to an activating group) is 1. The van der Waals surface area contributed by atoms with Gasteiger partial charge in [-0.05, 0) is 45.4 Å². The average molecular weight is 552 g/mol. The van der Waals surface area contributed by atoms with Gasteiger partial charge in [0.05, 0.1) is 27.9 Å². The molecule has 0 atom stereocenters. The maximum absolute atomic E-state index is 12.0. The molecule has 0 spiro atoms. The number of hydrogen-bond acceptors (Lipinski definition) is 6. The lowest BCUT2D eigenvalue weighted by Crippen LogP contribution is -2.43. The first-order valence-corrected chi connectivity index (χ1v) is 9.90. The Morgan fingerprint density at radius 1 is 1.06 bits per heavy atom. The number of nitrogens with zero attached hydrogens (tertiary/aromatic N) is 2. The van der Waals surface area contributed by atoms with Gasteiger partial charge in [-0.2, -0.15) is 0 Å². The van der Waals surface area contributed by atoms with Crippen molar-refractivity contribution in [3.63, 3.8) is 0 Å². The van der Waals surface area contributed by atoms with Crippen molar-refractivity contribution in [2.24, 2.45) is 4.99 Å². The summed E-state index contributed by atoms with van der Waals surface area (Å²) >= 11 is 0. The Hall–Kier alpha value is -2.11. The second kappa shape index (κ2) is 14.0. The van der Waals surface area contributed by atoms with Crippen LogP contribution in [0.1, 0.15) is 33.3 Å². The normalized spacial score (nSPS) is 11.2. The molecular formula is C21H37IN4O5. The zero-order valence-corrected chi connectivity index (χ0v) is 22.2. The Labute approximate surface area is 202 Å². The molecule has 0 aromatic heterocycles. The molecule has 0 fully saturated rings. The first-order chi connectivity index (χ1) is 14.1. The van der Waals surface area contributed by atoms with Crippen molar-refractivity contribution in [2.45, 2.75) is 39.8 Å². The topological polar surface area (TPSA) is 93.7 Å². The van der Waals surface area contributed by atoms with Crippen LogP contribution in [0.5, 0.6) is 17.2 Å². The Balaban J connectivity index is 0.00000900. The third-order valence-corrected chi connectivity index (χ3v) is 3.93. The Kier molecular flexibility index (Phi) is 13.1. The predicted molar refractivity (Wildman–Crippen MR) is 133 cm³/mol. The van der Waals surface area contributed by atoms with Crippen LogP contribution in [-0.4, -0.2) is 70.6 Å². The smallest absolute Gasteiger partial charge is 0.410 e. The number of carbonyl (C=O) groups is 1. The van der Waals surface area contributed by atoms with E-state index in [9.17, 15) is 4.79 Å². The summed E-state index contributed by atoms with van der Waals surface area (Å²) in [6.07, 6.45) is -0.358. The van der Waals surface area contributed by atoms with Crippen molar-refractivity contribution in [1.29, 1.82) is 0 Å². The van der Waals surface area contributed by atoms with E-state index in [1.54, 1.807) is 28.4 Å². The van der Waals surface area contributed by atoms with Crippen molar-refractivity contribution in [3.8, 4) is 17.2 Å². The third kappa shape index (κ3) is 10.2. The monoisotopic (exact) mass is 552 g/mol. The van der Waals surface area contributed by atoms with E-state index in [-0.39, 0.29) is 30.1 Å². The number of ether oxygens (including phenoxy) is 4. The van der Waals surface area contributed by atoms with Crippen molar-refractivity contribution >= 4 is 36.0 Å². The number of amides is 1. The van der Waals surface area contributed by atoms with E-state index in [0.29, 0.717) is 49.4 Å². The SMILES string of the molecule is CCNC(=NCc1cc(OC)c(OC)c(OC)c1)NCCN(C)C(=O)OC(C)(C)C.I. The molecule has 10 heteroatoms. The van der Waals surface area contributed by atoms with E-state index in [1.165, 1.54) is 4.90 Å². The van der Waals surface area contributed by atoms with Gasteiger partial charge in [-0.25, -0.2) is 9.79 Å². The number of rotatable bonds is 9. The number of nitrogens with one attached hydrogen (secondary N) is 2. The molecule has 1 amide bonds. The van der Waals surface area contributed by atoms with Crippen LogP contribution in [0.4, 0.5) is 4.79 Å². The van der Waals surface area contributed by atoms with Crippen LogP contribution in [0, 0.1) is 0 Å². The summed E-state index contributed by atoms with van der Waals surface area (Å²) in [6, 6.07) is 3.73. The summed E-state index contributed by atoms with van der Waals surface area (Å²) in [7, 11) is 6.43. The number of methoxy groups -OCH3 is 3. The van der Waals surface area contributed by atoms with E-state index in [2.05, 4.69) is 15.6 Å². The van der Waals surface area contributed by atoms with Crippen LogP contribution in [0.25, 0.3) is 0 Å². The van der Waals surface area contributed by atoms with Crippen LogP contribution in [0.3, 0.4) is 0 Å². The van der Waals surface area contributed by atoms with Gasteiger partial charge in [0.25, 0.3) is 0 Å². The molecule has 9 nitrogen and oxygen atoms in total. The van der Waals surface area contributed by atoms with Gasteiger partial charge >= 0.3 is 6.09 Å². The fraction of sp³-hybridized carbons (Fsp3) is 0.619. The van der Waals surface area contributed by atoms with Gasteiger partial charge in [0.1, 0.15) is 5.60 Å². The second-order valence-corrected chi connectivity index (χ2v) is 7.56. The summed E-state index contributed by atoms with van der Waals surface area (Å²) in [5, 5.41) is 6.41. The van der Waals surface area contributed by atoms with Crippen LogP contribution < -0.4 is 24.8 Å². The maximum atomic E-state index is 12.0. The van der Waals surface area contributed by atoms with Crippen molar-refractivity contribution in [2.75, 3.05) is 48.0 Å². The zero-order chi connectivity index (χ0) is 22.7. The molecule has 2 N–H and O–H groups in total. The Bertz CT molecular complexity index is 697. The van der Waals surface area contributed by atoms with Crippen LogP contribution in [-0.2, 0) is 11.3 Å². The van der Waals surface area contributed by atoms with Crippen LogP contribution in [0.2, 0.25) is 0 Å².